The molecule has 0 aliphatic carbocycles. The van der Waals surface area contributed by atoms with Gasteiger partial charge in [-0.25, -0.2) is 0 Å². The van der Waals surface area contributed by atoms with E-state index in [4.69, 9.17) is 0 Å². The van der Waals surface area contributed by atoms with Crippen LogP contribution in [0.25, 0.3) is 0 Å². The summed E-state index contributed by atoms with van der Waals surface area (Å²) in [6, 6.07) is 19.4. The highest BCUT2D eigenvalue weighted by atomic mass is 32.2. The summed E-state index contributed by atoms with van der Waals surface area (Å²) in [7, 11) is 2.16. The van der Waals surface area contributed by atoms with Crippen molar-refractivity contribution in [1.82, 2.24) is 4.57 Å². The quantitative estimate of drug-likeness (QED) is 0.536. The summed E-state index contributed by atoms with van der Waals surface area (Å²) in [4.78, 5) is 0. The van der Waals surface area contributed by atoms with E-state index in [9.17, 15) is 0 Å². The molecule has 0 saturated heterocycles. The summed E-state index contributed by atoms with van der Waals surface area (Å²) in [5, 5.41) is 3.47. The van der Waals surface area contributed by atoms with Gasteiger partial charge < -0.3 is 4.57 Å². The highest BCUT2D eigenvalue weighted by Crippen LogP contribution is 2.30. The molecule has 1 aromatic carbocycles. The minimum Gasteiger partial charge on any atom is -0.342 e. The van der Waals surface area contributed by atoms with E-state index >= 15 is 0 Å². The zero-order valence-corrected chi connectivity index (χ0v) is 14.3. The van der Waals surface area contributed by atoms with Crippen molar-refractivity contribution < 1.29 is 0 Å². The number of hydrogen-bond donors (Lipinski definition) is 0. The lowest BCUT2D eigenvalue weighted by molar-refractivity contribution is 0.790. The van der Waals surface area contributed by atoms with Gasteiger partial charge in [-0.1, -0.05) is 36.4 Å². The molecule has 3 rings (SSSR count). The molecule has 0 N–H and O–H groups in total. The van der Waals surface area contributed by atoms with Crippen LogP contribution in [0.1, 0.15) is 11.3 Å². The minimum absolute atomic E-state index is 1.02. The van der Waals surface area contributed by atoms with Crippen molar-refractivity contribution in [2.24, 2.45) is 7.05 Å². The maximum atomic E-state index is 2.31. The molecule has 2 heterocycles. The summed E-state index contributed by atoms with van der Waals surface area (Å²) in [6.07, 6.45) is 0. The molecule has 3 aromatic rings. The van der Waals surface area contributed by atoms with Crippen LogP contribution >= 0.6 is 34.9 Å². The van der Waals surface area contributed by atoms with Gasteiger partial charge in [0.05, 0.1) is 9.24 Å². The first-order valence-corrected chi connectivity index (χ1v) is 9.65. The Morgan fingerprint density at radius 1 is 0.905 bits per heavy atom. The van der Waals surface area contributed by atoms with Crippen LogP contribution in [0, 0.1) is 0 Å². The molecule has 0 atom stereocenters. The molecular formula is C17H17NS3. The Kier molecular flexibility index (Phi) is 5.12. The number of hydrogen-bond acceptors (Lipinski definition) is 3. The second-order valence-electron chi connectivity index (χ2n) is 4.72. The van der Waals surface area contributed by atoms with Crippen molar-refractivity contribution in [3.8, 4) is 0 Å². The summed E-state index contributed by atoms with van der Waals surface area (Å²) in [6.45, 7) is 0. The van der Waals surface area contributed by atoms with Gasteiger partial charge in [-0.2, -0.15) is 0 Å². The summed E-state index contributed by atoms with van der Waals surface area (Å²) in [5.41, 5.74) is 2.75. The SMILES string of the molecule is Cn1c(CSc2cccs2)ccc1SCc1ccccc1. The fourth-order valence-corrected chi connectivity index (χ4v) is 4.85. The molecule has 108 valence electrons. The Morgan fingerprint density at radius 2 is 1.76 bits per heavy atom. The zero-order chi connectivity index (χ0) is 14.5. The predicted octanol–water partition coefficient (Wildman–Crippen LogP) is 5.67. The van der Waals surface area contributed by atoms with Crippen molar-refractivity contribution in [3.63, 3.8) is 0 Å². The van der Waals surface area contributed by atoms with Gasteiger partial charge in [0.1, 0.15) is 0 Å². The highest BCUT2D eigenvalue weighted by Gasteiger charge is 2.06. The van der Waals surface area contributed by atoms with Crippen molar-refractivity contribution in [3.05, 3.63) is 71.2 Å². The standard InChI is InChI=1S/C17H17NS3/c1-18-15(13-21-17-8-5-11-19-17)9-10-16(18)20-12-14-6-3-2-4-7-14/h2-11H,12-13H2,1H3. The first kappa shape index (κ1) is 14.8. The second-order valence-corrected chi connectivity index (χ2v) is 7.94. The van der Waals surface area contributed by atoms with E-state index in [2.05, 4.69) is 71.6 Å². The smallest absolute Gasteiger partial charge is 0.0751 e. The Labute approximate surface area is 138 Å². The van der Waals surface area contributed by atoms with Crippen LogP contribution in [0.2, 0.25) is 0 Å². The van der Waals surface area contributed by atoms with E-state index < -0.39 is 0 Å². The average Bonchev–Trinajstić information content (AvgIpc) is 3.15. The topological polar surface area (TPSA) is 4.93 Å². The Hall–Kier alpha value is -1.10. The molecule has 0 saturated carbocycles. The summed E-state index contributed by atoms with van der Waals surface area (Å²) < 4.78 is 3.70. The third-order valence-electron chi connectivity index (χ3n) is 3.27. The lowest BCUT2D eigenvalue weighted by Crippen LogP contribution is -1.96. The van der Waals surface area contributed by atoms with Gasteiger partial charge >= 0.3 is 0 Å². The van der Waals surface area contributed by atoms with Gasteiger partial charge in [-0.3, -0.25) is 0 Å². The Balaban J connectivity index is 1.59. The van der Waals surface area contributed by atoms with Crippen LogP contribution in [-0.4, -0.2) is 4.57 Å². The molecule has 0 fully saturated rings. The molecule has 21 heavy (non-hydrogen) atoms. The van der Waals surface area contributed by atoms with E-state index in [1.54, 1.807) is 0 Å². The number of rotatable bonds is 6. The first-order chi connectivity index (χ1) is 10.3. The first-order valence-electron chi connectivity index (χ1n) is 6.80. The van der Waals surface area contributed by atoms with Crippen LogP contribution in [-0.2, 0) is 18.6 Å². The van der Waals surface area contributed by atoms with E-state index in [1.165, 1.54) is 20.5 Å². The molecule has 0 aliphatic rings. The molecule has 0 aliphatic heterocycles. The van der Waals surface area contributed by atoms with Crippen molar-refractivity contribution >= 4 is 34.9 Å². The van der Waals surface area contributed by atoms with Crippen LogP contribution in [0.5, 0.6) is 0 Å². The van der Waals surface area contributed by atoms with Gasteiger partial charge in [-0.05, 0) is 29.1 Å². The number of benzene rings is 1. The van der Waals surface area contributed by atoms with Gasteiger partial charge in [0.15, 0.2) is 0 Å². The number of aromatic nitrogens is 1. The van der Waals surface area contributed by atoms with Crippen LogP contribution in [0.15, 0.2) is 69.2 Å². The zero-order valence-electron chi connectivity index (χ0n) is 11.9. The van der Waals surface area contributed by atoms with E-state index in [-0.39, 0.29) is 0 Å². The largest absolute Gasteiger partial charge is 0.342 e. The molecule has 2 aromatic heterocycles. The normalized spacial score (nSPS) is 10.9. The number of thiophene rings is 1. The van der Waals surface area contributed by atoms with E-state index in [0.717, 1.165) is 11.5 Å². The monoisotopic (exact) mass is 331 g/mol. The molecule has 0 bridgehead atoms. The highest BCUT2D eigenvalue weighted by molar-refractivity contribution is 8.00. The molecule has 1 nitrogen and oxygen atoms in total. The van der Waals surface area contributed by atoms with Gasteiger partial charge in [0.25, 0.3) is 0 Å². The van der Waals surface area contributed by atoms with Crippen LogP contribution < -0.4 is 0 Å². The lowest BCUT2D eigenvalue weighted by Gasteiger charge is -2.07. The maximum Gasteiger partial charge on any atom is 0.0751 e. The van der Waals surface area contributed by atoms with Gasteiger partial charge in [0.2, 0.25) is 0 Å². The average molecular weight is 332 g/mol. The summed E-state index contributed by atoms with van der Waals surface area (Å²) >= 11 is 5.62. The van der Waals surface area contributed by atoms with Gasteiger partial charge in [-0.15, -0.1) is 34.9 Å². The van der Waals surface area contributed by atoms with E-state index in [0.29, 0.717) is 0 Å². The molecule has 0 radical (unpaired) electrons. The minimum atomic E-state index is 1.02. The number of nitrogens with zero attached hydrogens (tertiary/aromatic N) is 1. The van der Waals surface area contributed by atoms with Gasteiger partial charge in [0, 0.05) is 24.2 Å². The fraction of sp³-hybridized carbons (Fsp3) is 0.176. The van der Waals surface area contributed by atoms with Crippen molar-refractivity contribution in [1.29, 1.82) is 0 Å². The molecule has 4 heteroatoms. The van der Waals surface area contributed by atoms with Crippen LogP contribution in [0.4, 0.5) is 0 Å². The summed E-state index contributed by atoms with van der Waals surface area (Å²) in [5.74, 6) is 2.05. The Bertz CT molecular complexity index is 671. The lowest BCUT2D eigenvalue weighted by atomic mass is 10.2. The molecule has 0 amide bonds. The predicted molar refractivity (Wildman–Crippen MR) is 95.3 cm³/mol. The molecule has 0 spiro atoms. The maximum absolute atomic E-state index is 2.31. The fourth-order valence-electron chi connectivity index (χ4n) is 2.04. The van der Waals surface area contributed by atoms with Crippen molar-refractivity contribution in [2.45, 2.75) is 20.7 Å². The molecular weight excluding hydrogens is 314 g/mol. The Morgan fingerprint density at radius 3 is 2.52 bits per heavy atom. The van der Waals surface area contributed by atoms with Crippen molar-refractivity contribution in [2.75, 3.05) is 0 Å². The third kappa shape index (κ3) is 3.96. The second kappa shape index (κ2) is 7.25. The number of thioether (sulfide) groups is 2. The van der Waals surface area contributed by atoms with Crippen LogP contribution in [0.3, 0.4) is 0 Å². The third-order valence-corrected chi connectivity index (χ3v) is 6.61. The molecule has 0 unspecified atom stereocenters. The van der Waals surface area contributed by atoms with E-state index in [1.807, 2.05) is 34.9 Å².